The fraction of sp³-hybridized carbons (Fsp3) is 0.111. The number of hydrogen-bond acceptors (Lipinski definition) is 5. The number of hydrogen-bond donors (Lipinski definition) is 0. The second-order valence-electron chi connectivity index (χ2n) is 7.90. The molecule has 1 aromatic carbocycles. The van der Waals surface area contributed by atoms with Crippen LogP contribution in [-0.2, 0) is 0 Å². The van der Waals surface area contributed by atoms with E-state index < -0.39 is 17.2 Å². The van der Waals surface area contributed by atoms with E-state index in [2.05, 4.69) is 0 Å². The van der Waals surface area contributed by atoms with Crippen LogP contribution in [0.5, 0.6) is 0 Å². The summed E-state index contributed by atoms with van der Waals surface area (Å²) in [5.74, 6) is 0.324. The summed E-state index contributed by atoms with van der Waals surface area (Å²) in [5, 5.41) is 0. The van der Waals surface area contributed by atoms with Crippen LogP contribution in [0, 0.1) is 0 Å². The van der Waals surface area contributed by atoms with Crippen LogP contribution in [0.25, 0.3) is 22.6 Å². The van der Waals surface area contributed by atoms with Crippen molar-refractivity contribution in [3.8, 4) is 22.6 Å². The molecule has 0 amide bonds. The maximum Gasteiger partial charge on any atom is 0.341 e. The molecule has 5 heteroatoms. The van der Waals surface area contributed by atoms with E-state index in [9.17, 15) is 9.59 Å². The molecular formula is C27H21NO4. The topological polar surface area (TPSA) is 63.7 Å². The Morgan fingerprint density at radius 2 is 1.09 bits per heavy atom. The monoisotopic (exact) mass is 423 g/mol. The normalized spacial score (nSPS) is 11.3. The number of furan rings is 2. The first-order chi connectivity index (χ1) is 15.5. The lowest BCUT2D eigenvalue weighted by molar-refractivity contribution is 0.533. The van der Waals surface area contributed by atoms with Gasteiger partial charge in [-0.15, -0.1) is 0 Å². The van der Waals surface area contributed by atoms with Gasteiger partial charge in [0.1, 0.15) is 11.5 Å². The summed E-state index contributed by atoms with van der Waals surface area (Å²) in [6.45, 7) is 0. The van der Waals surface area contributed by atoms with Gasteiger partial charge in [-0.05, 0) is 29.8 Å². The van der Waals surface area contributed by atoms with Gasteiger partial charge >= 0.3 is 11.3 Å². The molecule has 5 rings (SSSR count). The molecule has 5 nitrogen and oxygen atoms in total. The quantitative estimate of drug-likeness (QED) is 0.405. The van der Waals surface area contributed by atoms with Crippen LogP contribution in [-0.4, -0.2) is 14.1 Å². The summed E-state index contributed by atoms with van der Waals surface area (Å²) in [6, 6.07) is 26.2. The van der Waals surface area contributed by atoms with Crippen molar-refractivity contribution in [1.82, 2.24) is 0 Å². The molecule has 0 unspecified atom stereocenters. The van der Waals surface area contributed by atoms with Gasteiger partial charge in [0.05, 0.1) is 11.1 Å². The van der Waals surface area contributed by atoms with Crippen LogP contribution >= 0.6 is 0 Å². The first kappa shape index (κ1) is 19.8. The molecule has 4 aliphatic rings. The summed E-state index contributed by atoms with van der Waals surface area (Å²) in [6.07, 6.45) is 0. The van der Waals surface area contributed by atoms with Crippen LogP contribution in [0.3, 0.4) is 0 Å². The maximum absolute atomic E-state index is 13.1. The fourth-order valence-electron chi connectivity index (χ4n) is 4.20. The van der Waals surface area contributed by atoms with Gasteiger partial charge in [0.2, 0.25) is 0 Å². The first-order valence-corrected chi connectivity index (χ1v) is 10.4. The van der Waals surface area contributed by atoms with Gasteiger partial charge in [-0.3, -0.25) is 0 Å². The number of nitrogens with zero attached hydrogens (tertiary/aromatic N) is 1. The predicted octanol–water partition coefficient (Wildman–Crippen LogP) is 5.05. The Morgan fingerprint density at radius 1 is 0.625 bits per heavy atom. The van der Waals surface area contributed by atoms with Gasteiger partial charge in [-0.1, -0.05) is 60.7 Å². The second kappa shape index (κ2) is 7.85. The Morgan fingerprint density at radius 3 is 1.56 bits per heavy atom. The van der Waals surface area contributed by atoms with Crippen molar-refractivity contribution < 1.29 is 8.83 Å². The molecule has 0 aromatic heterocycles. The van der Waals surface area contributed by atoms with Gasteiger partial charge in [-0.25, -0.2) is 9.59 Å². The largest absolute Gasteiger partial charge is 0.422 e. The summed E-state index contributed by atoms with van der Waals surface area (Å²) in [7, 11) is 3.93. The Kier molecular flexibility index (Phi) is 4.86. The Bertz CT molecular complexity index is 1360. The molecule has 0 atom stereocenters. The van der Waals surface area contributed by atoms with Gasteiger partial charge in [0.25, 0.3) is 0 Å². The third kappa shape index (κ3) is 3.28. The number of benzene rings is 1. The molecule has 32 heavy (non-hydrogen) atoms. The smallest absolute Gasteiger partial charge is 0.341 e. The number of anilines is 1. The van der Waals surface area contributed by atoms with E-state index in [1.807, 2.05) is 91.8 Å². The van der Waals surface area contributed by atoms with E-state index in [0.717, 1.165) is 11.3 Å². The molecule has 2 heterocycles. The van der Waals surface area contributed by atoms with Gasteiger partial charge in [0, 0.05) is 36.8 Å². The second-order valence-corrected chi connectivity index (χ2v) is 7.90. The van der Waals surface area contributed by atoms with Crippen molar-refractivity contribution in [2.45, 2.75) is 5.92 Å². The van der Waals surface area contributed by atoms with Crippen molar-refractivity contribution in [3.05, 3.63) is 122 Å². The Hall–Kier alpha value is -4.12. The minimum absolute atomic E-state index is 0.431. The Balaban J connectivity index is 1.83. The minimum Gasteiger partial charge on any atom is -0.422 e. The Labute approximate surface area is 184 Å². The molecule has 158 valence electrons. The van der Waals surface area contributed by atoms with Crippen LogP contribution in [0.4, 0.5) is 5.69 Å². The summed E-state index contributed by atoms with van der Waals surface area (Å²) >= 11 is 0. The maximum atomic E-state index is 13.1. The SMILES string of the molecule is CN(C)c1ccc(C(c2c3cccccc-3oc2=O)c2c3cccccc-3oc2=O)cc1. The van der Waals surface area contributed by atoms with E-state index in [1.54, 1.807) is 12.1 Å². The molecule has 0 saturated heterocycles. The average molecular weight is 423 g/mol. The number of rotatable bonds is 4. The lowest BCUT2D eigenvalue weighted by atomic mass is 9.83. The zero-order valence-corrected chi connectivity index (χ0v) is 17.7. The molecule has 0 radical (unpaired) electrons. The molecule has 1 aromatic rings. The van der Waals surface area contributed by atoms with Crippen LogP contribution in [0.1, 0.15) is 22.6 Å². The molecule has 0 bridgehead atoms. The van der Waals surface area contributed by atoms with Crippen molar-refractivity contribution in [1.29, 1.82) is 0 Å². The third-order valence-corrected chi connectivity index (χ3v) is 5.74. The predicted molar refractivity (Wildman–Crippen MR) is 125 cm³/mol. The lowest BCUT2D eigenvalue weighted by Crippen LogP contribution is -2.17. The molecule has 0 N–H and O–H groups in total. The third-order valence-electron chi connectivity index (χ3n) is 5.74. The zero-order chi connectivity index (χ0) is 22.2. The highest BCUT2D eigenvalue weighted by molar-refractivity contribution is 5.71. The lowest BCUT2D eigenvalue weighted by Gasteiger charge is -2.18. The molecule has 0 saturated carbocycles. The highest BCUT2D eigenvalue weighted by atomic mass is 16.4. The first-order valence-electron chi connectivity index (χ1n) is 10.4. The molecular weight excluding hydrogens is 402 g/mol. The standard InChI is InChI=1S/C27H21NO4/c1-28(2)18-15-13-17(14-16-18)23(24-19-9-5-3-7-11-21(19)31-26(24)29)25-20-10-6-4-8-12-22(20)32-27(25)30/h3-16,23H,1-2H3. The molecule has 0 fully saturated rings. The average Bonchev–Trinajstić information content (AvgIpc) is 3.03. The van der Waals surface area contributed by atoms with Crippen LogP contribution in [0.2, 0.25) is 0 Å². The van der Waals surface area contributed by atoms with Crippen LogP contribution < -0.4 is 16.2 Å². The van der Waals surface area contributed by atoms with E-state index in [-0.39, 0.29) is 0 Å². The zero-order valence-electron chi connectivity index (χ0n) is 17.7. The van der Waals surface area contributed by atoms with Crippen molar-refractivity contribution in [3.63, 3.8) is 0 Å². The van der Waals surface area contributed by atoms with E-state index in [4.69, 9.17) is 8.83 Å². The summed E-state index contributed by atoms with van der Waals surface area (Å²) in [5.41, 5.74) is 3.13. The highest BCUT2D eigenvalue weighted by Gasteiger charge is 2.33. The van der Waals surface area contributed by atoms with Crippen molar-refractivity contribution in [2.24, 2.45) is 0 Å². The summed E-state index contributed by atoms with van der Waals surface area (Å²) < 4.78 is 11.2. The minimum atomic E-state index is -0.640. The highest BCUT2D eigenvalue weighted by Crippen LogP contribution is 2.41. The van der Waals surface area contributed by atoms with Gasteiger partial charge in [0.15, 0.2) is 0 Å². The van der Waals surface area contributed by atoms with Crippen LogP contribution in [0.15, 0.2) is 103 Å². The summed E-state index contributed by atoms with van der Waals surface area (Å²) in [4.78, 5) is 28.3. The molecule has 2 aliphatic heterocycles. The molecule has 0 spiro atoms. The van der Waals surface area contributed by atoms with E-state index in [1.165, 1.54) is 0 Å². The molecule has 2 aliphatic carbocycles. The van der Waals surface area contributed by atoms with E-state index in [0.29, 0.717) is 33.8 Å². The van der Waals surface area contributed by atoms with Gasteiger partial charge in [-0.2, -0.15) is 0 Å². The number of fused-ring (bicyclic) bond motifs is 2. The van der Waals surface area contributed by atoms with Crippen molar-refractivity contribution >= 4 is 5.69 Å². The van der Waals surface area contributed by atoms with Gasteiger partial charge < -0.3 is 13.7 Å². The van der Waals surface area contributed by atoms with E-state index >= 15 is 0 Å². The fourth-order valence-corrected chi connectivity index (χ4v) is 4.20. The van der Waals surface area contributed by atoms with Crippen molar-refractivity contribution in [2.75, 3.05) is 19.0 Å².